The van der Waals surface area contributed by atoms with Crippen LogP contribution in [0.25, 0.3) is 32.7 Å². The van der Waals surface area contributed by atoms with Crippen LogP contribution in [-0.4, -0.2) is 15.9 Å². The highest BCUT2D eigenvalue weighted by Crippen LogP contribution is 2.30. The average molecular weight is 464 g/mol. The molecule has 3 aromatic carbocycles. The molecule has 0 aliphatic heterocycles. The Hall–Kier alpha value is -3.12. The summed E-state index contributed by atoms with van der Waals surface area (Å²) in [6.45, 7) is 0. The van der Waals surface area contributed by atoms with Crippen LogP contribution in [0.15, 0.2) is 78.2 Å². The number of para-hydroxylation sites is 1. The van der Waals surface area contributed by atoms with Gasteiger partial charge in [-0.25, -0.2) is 4.98 Å². The molecular weight excluding hydrogens is 449 g/mol. The third-order valence-electron chi connectivity index (χ3n) is 4.88. The maximum absolute atomic E-state index is 12.6. The Morgan fingerprint density at radius 2 is 1.68 bits per heavy atom. The average Bonchev–Trinajstić information content (AvgIpc) is 3.43. The van der Waals surface area contributed by atoms with E-state index in [9.17, 15) is 4.79 Å². The van der Waals surface area contributed by atoms with Gasteiger partial charge >= 0.3 is 0 Å². The van der Waals surface area contributed by atoms with E-state index >= 15 is 0 Å². The summed E-state index contributed by atoms with van der Waals surface area (Å²) < 4.78 is 0. The number of carbonyl (C=O) groups is 1. The molecule has 31 heavy (non-hydrogen) atoms. The number of nitrogens with one attached hydrogen (secondary N) is 2. The summed E-state index contributed by atoms with van der Waals surface area (Å²) >= 11 is 13.7. The van der Waals surface area contributed by atoms with Crippen molar-refractivity contribution in [1.82, 2.24) is 9.97 Å². The highest BCUT2D eigenvalue weighted by Gasteiger charge is 2.12. The molecule has 0 unspecified atom stereocenters. The lowest BCUT2D eigenvalue weighted by atomic mass is 10.1. The molecule has 0 saturated carbocycles. The molecule has 0 bridgehead atoms. The predicted molar refractivity (Wildman–Crippen MR) is 129 cm³/mol. The van der Waals surface area contributed by atoms with Crippen molar-refractivity contribution in [3.05, 3.63) is 93.9 Å². The second kappa shape index (κ2) is 8.19. The van der Waals surface area contributed by atoms with Crippen molar-refractivity contribution >= 4 is 57.0 Å². The summed E-state index contributed by atoms with van der Waals surface area (Å²) in [5, 5.41) is 8.05. The molecule has 2 aromatic heterocycles. The van der Waals surface area contributed by atoms with E-state index in [1.165, 1.54) is 0 Å². The van der Waals surface area contributed by atoms with Crippen LogP contribution in [0.4, 0.5) is 5.69 Å². The molecule has 0 radical (unpaired) electrons. The number of aromatic nitrogens is 2. The molecule has 5 aromatic rings. The largest absolute Gasteiger partial charge is 0.349 e. The fourth-order valence-electron chi connectivity index (χ4n) is 3.30. The number of halogens is 2. The van der Waals surface area contributed by atoms with Gasteiger partial charge in [0.15, 0.2) is 0 Å². The molecule has 4 nitrogen and oxygen atoms in total. The normalized spacial score (nSPS) is 11.0. The summed E-state index contributed by atoms with van der Waals surface area (Å²) in [4.78, 5) is 20.4. The fraction of sp³-hybridized carbons (Fsp3) is 0. The van der Waals surface area contributed by atoms with E-state index in [0.717, 1.165) is 32.7 Å². The number of amides is 1. The van der Waals surface area contributed by atoms with Crippen molar-refractivity contribution in [3.63, 3.8) is 0 Å². The van der Waals surface area contributed by atoms with E-state index in [1.807, 2.05) is 66.0 Å². The van der Waals surface area contributed by atoms with Gasteiger partial charge in [-0.1, -0.05) is 59.6 Å². The predicted octanol–water partition coefficient (Wildman–Crippen LogP) is 7.52. The van der Waals surface area contributed by atoms with E-state index in [4.69, 9.17) is 28.2 Å². The Bertz CT molecular complexity index is 1390. The smallest absolute Gasteiger partial charge is 0.272 e. The molecule has 5 rings (SSSR count). The van der Waals surface area contributed by atoms with Gasteiger partial charge in [0.1, 0.15) is 10.7 Å². The van der Waals surface area contributed by atoms with E-state index in [-0.39, 0.29) is 5.91 Å². The van der Waals surface area contributed by atoms with Crippen LogP contribution in [0.3, 0.4) is 0 Å². The number of H-pyrrole nitrogens is 1. The summed E-state index contributed by atoms with van der Waals surface area (Å²) in [7, 11) is 0. The number of fused-ring (bicyclic) bond motifs is 1. The lowest BCUT2D eigenvalue weighted by molar-refractivity contribution is 0.102. The number of aromatic amines is 1. The lowest BCUT2D eigenvalue weighted by Gasteiger charge is -2.05. The lowest BCUT2D eigenvalue weighted by Crippen LogP contribution is -2.12. The van der Waals surface area contributed by atoms with Crippen molar-refractivity contribution in [2.24, 2.45) is 0 Å². The van der Waals surface area contributed by atoms with Crippen LogP contribution >= 0.6 is 34.5 Å². The van der Waals surface area contributed by atoms with Gasteiger partial charge in [-0.15, -0.1) is 11.3 Å². The van der Waals surface area contributed by atoms with Gasteiger partial charge in [-0.2, -0.15) is 0 Å². The summed E-state index contributed by atoms with van der Waals surface area (Å²) in [5.41, 5.74) is 4.81. The zero-order chi connectivity index (χ0) is 21.4. The highest BCUT2D eigenvalue weighted by atomic mass is 35.5. The van der Waals surface area contributed by atoms with Crippen molar-refractivity contribution in [2.45, 2.75) is 0 Å². The van der Waals surface area contributed by atoms with E-state index < -0.39 is 0 Å². The van der Waals surface area contributed by atoms with Gasteiger partial charge in [-0.3, -0.25) is 4.79 Å². The molecular formula is C24H15Cl2N3OS. The number of benzene rings is 3. The standard InChI is InChI=1S/C24H15Cl2N3OS/c25-17-8-4-15(5-9-17)24-29-21(13-31-24)14-6-10-18(11-7-14)27-23(30)20-12-16-2-1-3-19(26)22(16)28-20/h1-13,28H,(H,27,30). The molecule has 0 saturated heterocycles. The number of thiazole rings is 1. The van der Waals surface area contributed by atoms with Crippen molar-refractivity contribution < 1.29 is 4.79 Å². The minimum atomic E-state index is -0.223. The van der Waals surface area contributed by atoms with Gasteiger partial charge < -0.3 is 10.3 Å². The Morgan fingerprint density at radius 1 is 0.935 bits per heavy atom. The van der Waals surface area contributed by atoms with Crippen LogP contribution < -0.4 is 5.32 Å². The maximum Gasteiger partial charge on any atom is 0.272 e. The molecule has 2 heterocycles. The minimum Gasteiger partial charge on any atom is -0.349 e. The SMILES string of the molecule is O=C(Nc1ccc(-c2csc(-c3ccc(Cl)cc3)n2)cc1)c1cc2cccc(Cl)c2[nH]1. The van der Waals surface area contributed by atoms with Gasteiger partial charge in [0.05, 0.1) is 16.2 Å². The second-order valence-electron chi connectivity index (χ2n) is 6.96. The monoisotopic (exact) mass is 463 g/mol. The zero-order valence-electron chi connectivity index (χ0n) is 16.0. The third-order valence-corrected chi connectivity index (χ3v) is 6.34. The second-order valence-corrected chi connectivity index (χ2v) is 8.67. The maximum atomic E-state index is 12.6. The van der Waals surface area contributed by atoms with E-state index in [2.05, 4.69) is 10.3 Å². The Kier molecular flexibility index (Phi) is 5.24. The first-order chi connectivity index (χ1) is 15.1. The minimum absolute atomic E-state index is 0.223. The Morgan fingerprint density at radius 3 is 2.42 bits per heavy atom. The topological polar surface area (TPSA) is 57.8 Å². The van der Waals surface area contributed by atoms with Gasteiger partial charge in [0.2, 0.25) is 0 Å². The number of rotatable bonds is 4. The molecule has 1 amide bonds. The first kappa shape index (κ1) is 19.8. The van der Waals surface area contributed by atoms with E-state index in [0.29, 0.717) is 21.4 Å². The fourth-order valence-corrected chi connectivity index (χ4v) is 4.49. The molecule has 7 heteroatoms. The zero-order valence-corrected chi connectivity index (χ0v) is 18.4. The molecule has 0 aliphatic rings. The third kappa shape index (κ3) is 4.08. The van der Waals surface area contributed by atoms with Crippen molar-refractivity contribution in [3.8, 4) is 21.8 Å². The number of carbonyl (C=O) groups excluding carboxylic acids is 1. The van der Waals surface area contributed by atoms with Gasteiger partial charge in [0, 0.05) is 32.6 Å². The molecule has 0 fully saturated rings. The number of hydrogen-bond donors (Lipinski definition) is 2. The number of hydrogen-bond acceptors (Lipinski definition) is 3. The molecule has 2 N–H and O–H groups in total. The Labute approximate surface area is 192 Å². The number of anilines is 1. The van der Waals surface area contributed by atoms with Crippen LogP contribution in [0, 0.1) is 0 Å². The van der Waals surface area contributed by atoms with E-state index in [1.54, 1.807) is 23.5 Å². The highest BCUT2D eigenvalue weighted by molar-refractivity contribution is 7.13. The number of nitrogens with zero attached hydrogens (tertiary/aromatic N) is 1. The summed E-state index contributed by atoms with van der Waals surface area (Å²) in [5.74, 6) is -0.223. The molecule has 0 aliphatic carbocycles. The summed E-state index contributed by atoms with van der Waals surface area (Å²) in [6, 6.07) is 22.6. The summed E-state index contributed by atoms with van der Waals surface area (Å²) in [6.07, 6.45) is 0. The molecule has 152 valence electrons. The van der Waals surface area contributed by atoms with Crippen LogP contribution in [0.2, 0.25) is 10.0 Å². The van der Waals surface area contributed by atoms with Gasteiger partial charge in [0.25, 0.3) is 5.91 Å². The Balaban J connectivity index is 1.32. The van der Waals surface area contributed by atoms with Crippen LogP contribution in [0.5, 0.6) is 0 Å². The first-order valence-corrected chi connectivity index (χ1v) is 11.1. The van der Waals surface area contributed by atoms with Crippen LogP contribution in [0.1, 0.15) is 10.5 Å². The van der Waals surface area contributed by atoms with Crippen molar-refractivity contribution in [1.29, 1.82) is 0 Å². The van der Waals surface area contributed by atoms with Gasteiger partial charge in [-0.05, 0) is 36.4 Å². The van der Waals surface area contributed by atoms with Crippen LogP contribution in [-0.2, 0) is 0 Å². The quantitative estimate of drug-likeness (QED) is 0.289. The molecule has 0 atom stereocenters. The van der Waals surface area contributed by atoms with Crippen molar-refractivity contribution in [2.75, 3.05) is 5.32 Å². The first-order valence-electron chi connectivity index (χ1n) is 9.47. The molecule has 0 spiro atoms.